The molecule has 0 bridgehead atoms. The molecule has 0 radical (unpaired) electrons. The zero-order valence-electron chi connectivity index (χ0n) is 23.6. The number of Topliss-reactive ketones (excluding diaryl/α,β-unsaturated/α-hetero) is 2. The Hall–Kier alpha value is -4.35. The van der Waals surface area contributed by atoms with Gasteiger partial charge in [0.1, 0.15) is 28.6 Å². The smallest absolute Gasteiger partial charge is 0.255 e. The molecule has 0 saturated carbocycles. The van der Waals surface area contributed by atoms with E-state index in [4.69, 9.17) is 10.5 Å². The van der Waals surface area contributed by atoms with Crippen LogP contribution in [0.5, 0.6) is 11.5 Å². The van der Waals surface area contributed by atoms with Crippen molar-refractivity contribution in [3.05, 3.63) is 58.4 Å². The summed E-state index contributed by atoms with van der Waals surface area (Å²) in [4.78, 5) is 42.4. The van der Waals surface area contributed by atoms with Gasteiger partial charge in [-0.2, -0.15) is 0 Å². The van der Waals surface area contributed by atoms with Crippen LogP contribution >= 0.6 is 0 Å². The monoisotopic (exact) mass is 565 g/mol. The molecule has 0 fully saturated rings. The average Bonchev–Trinajstić information content (AvgIpc) is 2.91. The highest BCUT2D eigenvalue weighted by molar-refractivity contribution is 6.29. The van der Waals surface area contributed by atoms with E-state index in [1.54, 1.807) is 49.3 Å². The maximum absolute atomic E-state index is 13.6. The third-order valence-electron chi connectivity index (χ3n) is 7.84. The molecule has 218 valence electrons. The number of carbonyl (C=O) groups excluding carboxylic acids is 3. The number of rotatable bonds is 5. The molecule has 0 saturated heterocycles. The van der Waals surface area contributed by atoms with Gasteiger partial charge in [-0.1, -0.05) is 12.1 Å². The molecule has 11 nitrogen and oxygen atoms in total. The Morgan fingerprint density at radius 3 is 2.29 bits per heavy atom. The van der Waals surface area contributed by atoms with Crippen LogP contribution in [0.15, 0.2) is 47.2 Å². The number of primary amides is 1. The van der Waals surface area contributed by atoms with Crippen LogP contribution in [0.3, 0.4) is 0 Å². The number of fused-ring (bicyclic) bond motifs is 2. The van der Waals surface area contributed by atoms with Crippen LogP contribution < -0.4 is 15.4 Å². The van der Waals surface area contributed by atoms with Crippen LogP contribution in [0.25, 0.3) is 16.9 Å². The summed E-state index contributed by atoms with van der Waals surface area (Å²) < 4.78 is 5.33. The predicted octanol–water partition coefficient (Wildman–Crippen LogP) is 2.10. The number of phenolic OH excluding ortho intramolecular Hbond substituents is 1. The van der Waals surface area contributed by atoms with Gasteiger partial charge in [-0.05, 0) is 68.6 Å². The van der Waals surface area contributed by atoms with E-state index in [1.165, 1.54) is 7.11 Å². The first kappa shape index (κ1) is 29.6. The number of aliphatic hydroxyl groups is 3. The third-order valence-corrected chi connectivity index (χ3v) is 7.84. The van der Waals surface area contributed by atoms with Gasteiger partial charge in [-0.3, -0.25) is 19.3 Å². The summed E-state index contributed by atoms with van der Waals surface area (Å²) in [6, 6.07) is 7.95. The Kier molecular flexibility index (Phi) is 8.14. The predicted molar refractivity (Wildman–Crippen MR) is 153 cm³/mol. The zero-order chi connectivity index (χ0) is 30.3. The summed E-state index contributed by atoms with van der Waals surface area (Å²) in [5, 5.41) is 44.9. The van der Waals surface area contributed by atoms with Gasteiger partial charge in [-0.15, -0.1) is 0 Å². The van der Waals surface area contributed by atoms with E-state index in [0.717, 1.165) is 0 Å². The molecule has 6 N–H and O–H groups in total. The molecule has 11 heteroatoms. The van der Waals surface area contributed by atoms with E-state index < -0.39 is 52.6 Å². The number of methoxy groups -OCH3 is 1. The quantitative estimate of drug-likeness (QED) is 0.267. The zero-order valence-corrected chi connectivity index (χ0v) is 23.6. The summed E-state index contributed by atoms with van der Waals surface area (Å²) in [5.74, 6) is -5.37. The van der Waals surface area contributed by atoms with Crippen molar-refractivity contribution in [3.63, 3.8) is 0 Å². The SMILES string of the molecule is COc1cccc(-c2cc(N(C)C)c3c(c2O)C(O)=C2C(=O)[C@H](O)C(=O)/C(C(N)=O)=C(/O)[C@@H](N(C)C)CC[C@@H]2C3)c1. The number of likely N-dealkylation sites (N-methyl/N-ethyl adjacent to an activating group) is 1. The maximum atomic E-state index is 13.6. The lowest BCUT2D eigenvalue weighted by atomic mass is 9.74. The Balaban J connectivity index is 1.98. The molecule has 4 rings (SSSR count). The molecule has 2 aliphatic carbocycles. The minimum absolute atomic E-state index is 0.0167. The highest BCUT2D eigenvalue weighted by Gasteiger charge is 2.43. The molecule has 1 amide bonds. The number of nitrogens with two attached hydrogens (primary N) is 1. The third kappa shape index (κ3) is 5.14. The second-order valence-corrected chi connectivity index (χ2v) is 10.7. The van der Waals surface area contributed by atoms with Crippen LogP contribution in [0, 0.1) is 5.92 Å². The minimum atomic E-state index is -2.40. The number of ketones is 2. The highest BCUT2D eigenvalue weighted by Crippen LogP contribution is 2.49. The first-order chi connectivity index (χ1) is 19.3. The molecular formula is C30H35N3O8. The number of hydrogen-bond acceptors (Lipinski definition) is 10. The molecule has 3 atom stereocenters. The van der Waals surface area contributed by atoms with E-state index >= 15 is 0 Å². The van der Waals surface area contributed by atoms with E-state index in [9.17, 15) is 34.8 Å². The van der Waals surface area contributed by atoms with E-state index in [2.05, 4.69) is 0 Å². The molecule has 2 aliphatic rings. The largest absolute Gasteiger partial charge is 0.510 e. The fourth-order valence-corrected chi connectivity index (χ4v) is 5.75. The van der Waals surface area contributed by atoms with Crippen molar-refractivity contribution >= 4 is 28.9 Å². The van der Waals surface area contributed by atoms with Crippen LogP contribution in [0.4, 0.5) is 5.69 Å². The van der Waals surface area contributed by atoms with Crippen molar-refractivity contribution in [1.29, 1.82) is 0 Å². The first-order valence-corrected chi connectivity index (χ1v) is 13.1. The van der Waals surface area contributed by atoms with Crippen LogP contribution in [-0.4, -0.2) is 90.2 Å². The molecule has 0 heterocycles. The lowest BCUT2D eigenvalue weighted by Gasteiger charge is -2.34. The molecule has 0 aliphatic heterocycles. The number of benzene rings is 2. The van der Waals surface area contributed by atoms with Crippen molar-refractivity contribution in [3.8, 4) is 22.6 Å². The van der Waals surface area contributed by atoms with Gasteiger partial charge in [0.05, 0.1) is 18.7 Å². The van der Waals surface area contributed by atoms with Crippen molar-refractivity contribution < 1.29 is 39.5 Å². The van der Waals surface area contributed by atoms with Gasteiger partial charge in [0.2, 0.25) is 5.78 Å². The lowest BCUT2D eigenvalue weighted by Crippen LogP contribution is -2.43. The van der Waals surface area contributed by atoms with Gasteiger partial charge >= 0.3 is 0 Å². The maximum Gasteiger partial charge on any atom is 0.255 e. The number of hydrogen-bond donors (Lipinski definition) is 5. The topological polar surface area (TPSA) is 174 Å². The Morgan fingerprint density at radius 1 is 1.02 bits per heavy atom. The van der Waals surface area contributed by atoms with Gasteiger partial charge < -0.3 is 35.8 Å². The minimum Gasteiger partial charge on any atom is -0.510 e. The number of ether oxygens (including phenoxy) is 1. The molecule has 0 unspecified atom stereocenters. The summed E-state index contributed by atoms with van der Waals surface area (Å²) in [6.07, 6.45) is -1.79. The highest BCUT2D eigenvalue weighted by atomic mass is 16.5. The number of anilines is 1. The van der Waals surface area contributed by atoms with Crippen molar-refractivity contribution in [2.75, 3.05) is 40.2 Å². The van der Waals surface area contributed by atoms with E-state index in [0.29, 0.717) is 28.1 Å². The van der Waals surface area contributed by atoms with E-state index in [-0.39, 0.29) is 36.1 Å². The molecule has 0 aromatic heterocycles. The normalized spacial score (nSPS) is 23.2. The number of aliphatic hydroxyl groups excluding tert-OH is 3. The fraction of sp³-hybridized carbons (Fsp3) is 0.367. The molecule has 41 heavy (non-hydrogen) atoms. The van der Waals surface area contributed by atoms with Crippen molar-refractivity contribution in [1.82, 2.24) is 4.90 Å². The van der Waals surface area contributed by atoms with Crippen LogP contribution in [0.2, 0.25) is 0 Å². The first-order valence-electron chi connectivity index (χ1n) is 13.1. The molecule has 2 aromatic rings. The number of amides is 1. The second-order valence-electron chi connectivity index (χ2n) is 10.7. The molecular weight excluding hydrogens is 530 g/mol. The Morgan fingerprint density at radius 2 is 1.71 bits per heavy atom. The summed E-state index contributed by atoms with van der Waals surface area (Å²) in [7, 11) is 8.43. The molecule has 0 spiro atoms. The molecule has 2 aromatic carbocycles. The Bertz CT molecular complexity index is 1490. The Labute approximate surface area is 237 Å². The number of phenols is 1. The number of nitrogens with zero attached hydrogens (tertiary/aromatic N) is 2. The standard InChI is InChI=1S/C30H35N3O8/c1-32(2)19-10-9-15-12-18-20(33(3)4)13-17(14-7-6-8-16(11-14)41-5)24(34)22(18)26(36)21(15)27(37)29(39)28(38)23(25(19)35)30(31)40/h6-8,11,13,15,19,29,34-36,39H,9-10,12H2,1-5H3,(H2,31,40)/b25-23-/t15-,19+,29+/m1/s1. The van der Waals surface area contributed by atoms with Crippen LogP contribution in [-0.2, 0) is 20.8 Å². The van der Waals surface area contributed by atoms with Gasteiger partial charge in [-0.25, -0.2) is 0 Å². The fourth-order valence-electron chi connectivity index (χ4n) is 5.75. The second kappa shape index (κ2) is 11.3. The van der Waals surface area contributed by atoms with Crippen molar-refractivity contribution in [2.24, 2.45) is 11.7 Å². The lowest BCUT2D eigenvalue weighted by molar-refractivity contribution is -0.135. The van der Waals surface area contributed by atoms with Gasteiger partial charge in [0, 0.05) is 30.9 Å². The average molecular weight is 566 g/mol. The van der Waals surface area contributed by atoms with Gasteiger partial charge in [0.15, 0.2) is 11.9 Å². The summed E-state index contributed by atoms with van der Waals surface area (Å²) in [6.45, 7) is 0. The summed E-state index contributed by atoms with van der Waals surface area (Å²) in [5.41, 5.74) is 6.54. The summed E-state index contributed by atoms with van der Waals surface area (Å²) >= 11 is 0. The van der Waals surface area contributed by atoms with E-state index in [1.807, 2.05) is 19.0 Å². The van der Waals surface area contributed by atoms with Crippen LogP contribution in [0.1, 0.15) is 24.0 Å². The van der Waals surface area contributed by atoms with Gasteiger partial charge in [0.25, 0.3) is 5.91 Å². The number of carbonyl (C=O) groups is 3. The van der Waals surface area contributed by atoms with Crippen molar-refractivity contribution in [2.45, 2.75) is 31.4 Å². The number of aromatic hydroxyl groups is 1.